The fourth-order valence-electron chi connectivity index (χ4n) is 1.98. The maximum Gasteiger partial charge on any atom is 0.433 e. The van der Waals surface area contributed by atoms with E-state index < -0.39 is 17.8 Å². The van der Waals surface area contributed by atoms with Gasteiger partial charge in [0.05, 0.1) is 5.69 Å². The molecule has 0 unspecified atom stereocenters. The molecule has 122 valence electrons. The number of nitrogens with two attached hydrogens (primary N) is 1. The van der Waals surface area contributed by atoms with Gasteiger partial charge in [-0.2, -0.15) is 18.3 Å². The van der Waals surface area contributed by atoms with E-state index in [4.69, 9.17) is 5.73 Å². The average molecular weight is 334 g/mol. The van der Waals surface area contributed by atoms with E-state index in [-0.39, 0.29) is 17.2 Å². The van der Waals surface area contributed by atoms with Crippen LogP contribution >= 0.6 is 0 Å². The number of primary amides is 1. The van der Waals surface area contributed by atoms with Crippen molar-refractivity contribution < 1.29 is 18.0 Å². The minimum atomic E-state index is -4.66. The van der Waals surface area contributed by atoms with Crippen molar-refractivity contribution >= 4 is 5.91 Å². The second-order valence-electron chi connectivity index (χ2n) is 4.71. The van der Waals surface area contributed by atoms with Gasteiger partial charge in [0.1, 0.15) is 0 Å². The summed E-state index contributed by atoms with van der Waals surface area (Å²) in [4.78, 5) is 14.8. The number of pyridine rings is 1. The van der Waals surface area contributed by atoms with Crippen molar-refractivity contribution in [2.45, 2.75) is 6.18 Å². The Morgan fingerprint density at radius 3 is 2.50 bits per heavy atom. The Bertz CT molecular complexity index is 874. The van der Waals surface area contributed by atoms with Gasteiger partial charge in [-0.25, -0.2) is 4.68 Å². The fraction of sp³-hybridized carbons (Fsp3) is 0.0714. The van der Waals surface area contributed by atoms with E-state index in [2.05, 4.69) is 20.3 Å². The van der Waals surface area contributed by atoms with Crippen LogP contribution in [0.5, 0.6) is 0 Å². The smallest absolute Gasteiger partial charge is 0.364 e. The average Bonchev–Trinajstić information content (AvgIpc) is 3.01. The molecule has 0 spiro atoms. The fourth-order valence-corrected chi connectivity index (χ4v) is 1.98. The molecule has 0 atom stereocenters. The quantitative estimate of drug-likeness (QED) is 0.788. The summed E-state index contributed by atoms with van der Waals surface area (Å²) < 4.78 is 40.4. The first-order valence-corrected chi connectivity index (χ1v) is 6.58. The lowest BCUT2D eigenvalue weighted by molar-refractivity contribution is -0.142. The summed E-state index contributed by atoms with van der Waals surface area (Å²) in [5.74, 6) is -1.02. The third kappa shape index (κ3) is 2.93. The van der Waals surface area contributed by atoms with Crippen LogP contribution in [-0.2, 0) is 6.18 Å². The highest BCUT2D eigenvalue weighted by Crippen LogP contribution is 2.33. The van der Waals surface area contributed by atoms with E-state index >= 15 is 0 Å². The third-order valence-corrected chi connectivity index (χ3v) is 3.08. The van der Waals surface area contributed by atoms with Crippen LogP contribution in [0.15, 0.2) is 42.7 Å². The number of alkyl halides is 3. The summed E-state index contributed by atoms with van der Waals surface area (Å²) in [6.07, 6.45) is -1.76. The van der Waals surface area contributed by atoms with Gasteiger partial charge in [-0.1, -0.05) is 0 Å². The molecule has 0 radical (unpaired) electrons. The van der Waals surface area contributed by atoms with Crippen LogP contribution < -0.4 is 5.73 Å². The molecule has 0 aliphatic heterocycles. The molecule has 10 heteroatoms. The first kappa shape index (κ1) is 15.6. The Morgan fingerprint density at radius 1 is 1.17 bits per heavy atom. The number of hydrogen-bond acceptors (Lipinski definition) is 5. The minimum Gasteiger partial charge on any atom is -0.364 e. The zero-order valence-corrected chi connectivity index (χ0v) is 11.9. The van der Waals surface area contributed by atoms with Crippen molar-refractivity contribution in [2.24, 2.45) is 5.73 Å². The third-order valence-electron chi connectivity index (χ3n) is 3.08. The second kappa shape index (κ2) is 5.72. The summed E-state index contributed by atoms with van der Waals surface area (Å²) in [6, 6.07) is 6.42. The molecular weight excluding hydrogens is 325 g/mol. The lowest BCUT2D eigenvalue weighted by atomic mass is 10.2. The molecule has 0 aromatic carbocycles. The molecule has 7 nitrogen and oxygen atoms in total. The maximum atomic E-state index is 13.3. The van der Waals surface area contributed by atoms with Crippen LogP contribution in [-0.4, -0.2) is 30.9 Å². The van der Waals surface area contributed by atoms with E-state index in [1.807, 2.05) is 0 Å². The lowest BCUT2D eigenvalue weighted by Gasteiger charge is -2.08. The summed E-state index contributed by atoms with van der Waals surface area (Å²) in [5.41, 5.74) is 4.34. The standard InChI is InChI=1S/C14H9F3N6O/c15-14(16,17)11-6-10(8-2-1-5-19-7-8)22-23(11)12-4-3-9(13(18)24)20-21-12/h1-7H,(H2,18,24). The number of carbonyl (C=O) groups is 1. The predicted molar refractivity (Wildman–Crippen MR) is 75.9 cm³/mol. The predicted octanol–water partition coefficient (Wildman–Crippen LogP) is 1.84. The Kier molecular flexibility index (Phi) is 3.72. The summed E-state index contributed by atoms with van der Waals surface area (Å²) in [7, 11) is 0. The maximum absolute atomic E-state index is 13.3. The van der Waals surface area contributed by atoms with Gasteiger partial charge in [-0.05, 0) is 30.3 Å². The zero-order valence-electron chi connectivity index (χ0n) is 11.9. The molecule has 0 fully saturated rings. The van der Waals surface area contributed by atoms with Crippen LogP contribution in [0.1, 0.15) is 16.2 Å². The molecule has 3 aromatic rings. The number of rotatable bonds is 3. The summed E-state index contributed by atoms with van der Waals surface area (Å²) in [6.45, 7) is 0. The summed E-state index contributed by atoms with van der Waals surface area (Å²) in [5, 5.41) is 11.0. The van der Waals surface area contributed by atoms with Crippen molar-refractivity contribution in [3.05, 3.63) is 54.1 Å². The lowest BCUT2D eigenvalue weighted by Crippen LogP contribution is -2.17. The van der Waals surface area contributed by atoms with Gasteiger partial charge in [0.2, 0.25) is 0 Å². The largest absolute Gasteiger partial charge is 0.433 e. The molecule has 0 aliphatic carbocycles. The molecule has 2 N–H and O–H groups in total. The van der Waals surface area contributed by atoms with E-state index in [1.54, 1.807) is 12.1 Å². The monoisotopic (exact) mass is 334 g/mol. The van der Waals surface area contributed by atoms with Gasteiger partial charge < -0.3 is 5.73 Å². The first-order valence-electron chi connectivity index (χ1n) is 6.58. The number of amides is 1. The topological polar surface area (TPSA) is 99.6 Å². The van der Waals surface area contributed by atoms with Gasteiger partial charge in [0, 0.05) is 18.0 Å². The second-order valence-corrected chi connectivity index (χ2v) is 4.71. The number of aromatic nitrogens is 5. The van der Waals surface area contributed by atoms with Crippen molar-refractivity contribution in [2.75, 3.05) is 0 Å². The normalized spacial score (nSPS) is 11.5. The summed E-state index contributed by atoms with van der Waals surface area (Å²) >= 11 is 0. The highest BCUT2D eigenvalue weighted by atomic mass is 19.4. The SMILES string of the molecule is NC(=O)c1ccc(-n2nc(-c3cccnc3)cc2C(F)(F)F)nn1. The Labute approximate surface area is 133 Å². The molecule has 0 saturated carbocycles. The van der Waals surface area contributed by atoms with Gasteiger partial charge in [0.25, 0.3) is 5.91 Å². The molecule has 0 saturated heterocycles. The highest BCUT2D eigenvalue weighted by Gasteiger charge is 2.37. The first-order chi connectivity index (χ1) is 11.4. The molecular formula is C14H9F3N6O. The van der Waals surface area contributed by atoms with Crippen LogP contribution in [0.25, 0.3) is 17.1 Å². The van der Waals surface area contributed by atoms with Crippen molar-refractivity contribution in [3.8, 4) is 17.1 Å². The van der Waals surface area contributed by atoms with Gasteiger partial charge in [-0.3, -0.25) is 9.78 Å². The molecule has 24 heavy (non-hydrogen) atoms. The van der Waals surface area contributed by atoms with E-state index in [0.29, 0.717) is 10.2 Å². The molecule has 1 amide bonds. The number of nitrogens with zero attached hydrogens (tertiary/aromatic N) is 5. The van der Waals surface area contributed by atoms with Gasteiger partial charge in [-0.15, -0.1) is 10.2 Å². The van der Waals surface area contributed by atoms with Crippen LogP contribution in [0, 0.1) is 0 Å². The van der Waals surface area contributed by atoms with Gasteiger partial charge in [0.15, 0.2) is 17.2 Å². The molecule has 3 heterocycles. The number of hydrogen-bond donors (Lipinski definition) is 1. The molecule has 3 rings (SSSR count). The Hall–Kier alpha value is -3.30. The highest BCUT2D eigenvalue weighted by molar-refractivity contribution is 5.90. The number of carbonyl (C=O) groups excluding carboxylic acids is 1. The number of halogens is 3. The molecule has 0 bridgehead atoms. The van der Waals surface area contributed by atoms with Crippen LogP contribution in [0.2, 0.25) is 0 Å². The van der Waals surface area contributed by atoms with E-state index in [1.165, 1.54) is 24.5 Å². The van der Waals surface area contributed by atoms with E-state index in [0.717, 1.165) is 6.07 Å². The zero-order chi connectivity index (χ0) is 17.3. The van der Waals surface area contributed by atoms with Crippen molar-refractivity contribution in [3.63, 3.8) is 0 Å². The molecule has 0 aliphatic rings. The van der Waals surface area contributed by atoms with Crippen LogP contribution in [0.4, 0.5) is 13.2 Å². The van der Waals surface area contributed by atoms with Crippen molar-refractivity contribution in [1.82, 2.24) is 25.0 Å². The van der Waals surface area contributed by atoms with Gasteiger partial charge >= 0.3 is 6.18 Å². The van der Waals surface area contributed by atoms with Crippen LogP contribution in [0.3, 0.4) is 0 Å². The van der Waals surface area contributed by atoms with Crippen molar-refractivity contribution in [1.29, 1.82) is 0 Å². The Balaban J connectivity index is 2.12. The van der Waals surface area contributed by atoms with E-state index in [9.17, 15) is 18.0 Å². The Morgan fingerprint density at radius 2 is 1.96 bits per heavy atom. The molecule has 3 aromatic heterocycles. The minimum absolute atomic E-state index is 0.0798.